The van der Waals surface area contributed by atoms with Crippen molar-refractivity contribution in [2.75, 3.05) is 26.3 Å². The van der Waals surface area contributed by atoms with Crippen molar-refractivity contribution in [3.8, 4) is 0 Å². The van der Waals surface area contributed by atoms with Gasteiger partial charge in [-0.3, -0.25) is 9.59 Å². The van der Waals surface area contributed by atoms with Crippen LogP contribution in [0.15, 0.2) is 0 Å². The van der Waals surface area contributed by atoms with Crippen LogP contribution >= 0.6 is 0 Å². The molecule has 0 spiro atoms. The maximum absolute atomic E-state index is 12.0. The van der Waals surface area contributed by atoms with Gasteiger partial charge in [0.15, 0.2) is 5.78 Å². The average molecular weight is 211 g/mol. The van der Waals surface area contributed by atoms with E-state index >= 15 is 0 Å². The predicted molar refractivity (Wildman–Crippen MR) is 54.4 cm³/mol. The summed E-state index contributed by atoms with van der Waals surface area (Å²) >= 11 is 0. The van der Waals surface area contributed by atoms with Crippen molar-refractivity contribution in [3.63, 3.8) is 0 Å². The number of Topliss-reactive ketones (excluding diaryl/α,β-unsaturated/α-hetero) is 1. The molecule has 0 aromatic rings. The van der Waals surface area contributed by atoms with Gasteiger partial charge in [-0.1, -0.05) is 0 Å². The van der Waals surface area contributed by atoms with E-state index in [1.165, 1.54) is 0 Å². The number of hydrogen-bond acceptors (Lipinski definition) is 3. The second-order valence-corrected chi connectivity index (χ2v) is 4.32. The summed E-state index contributed by atoms with van der Waals surface area (Å²) in [6, 6.07) is 0. The molecule has 0 aromatic heterocycles. The second-order valence-electron chi connectivity index (χ2n) is 4.32. The number of rotatable bonds is 1. The highest BCUT2D eigenvalue weighted by atomic mass is 16.5. The predicted octanol–water partition coefficient (Wildman–Crippen LogP) is 0.605. The summed E-state index contributed by atoms with van der Waals surface area (Å²) in [5, 5.41) is 0. The van der Waals surface area contributed by atoms with Crippen LogP contribution in [-0.2, 0) is 14.3 Å². The minimum absolute atomic E-state index is 0.00958. The minimum Gasteiger partial charge on any atom is -0.381 e. The number of carbonyl (C=O) groups is 2. The van der Waals surface area contributed by atoms with E-state index in [1.807, 2.05) is 0 Å². The fourth-order valence-electron chi connectivity index (χ4n) is 2.22. The summed E-state index contributed by atoms with van der Waals surface area (Å²) in [5.41, 5.74) is 0. The average Bonchev–Trinajstić information content (AvgIpc) is 2.29. The highest BCUT2D eigenvalue weighted by Gasteiger charge is 2.29. The molecule has 0 radical (unpaired) electrons. The van der Waals surface area contributed by atoms with E-state index in [9.17, 15) is 9.59 Å². The first-order chi connectivity index (χ1) is 7.27. The van der Waals surface area contributed by atoms with Crippen LogP contribution in [0.4, 0.5) is 0 Å². The minimum atomic E-state index is -0.00958. The highest BCUT2D eigenvalue weighted by Crippen LogP contribution is 2.18. The first kappa shape index (κ1) is 10.6. The van der Waals surface area contributed by atoms with E-state index in [4.69, 9.17) is 4.74 Å². The molecule has 2 heterocycles. The van der Waals surface area contributed by atoms with Gasteiger partial charge in [-0.25, -0.2) is 0 Å². The quantitative estimate of drug-likeness (QED) is 0.638. The van der Waals surface area contributed by atoms with Crippen LogP contribution in [0.2, 0.25) is 0 Å². The Morgan fingerprint density at radius 3 is 2.93 bits per heavy atom. The maximum Gasteiger partial charge on any atom is 0.228 e. The molecule has 15 heavy (non-hydrogen) atoms. The molecule has 0 bridgehead atoms. The molecule has 0 N–H and O–H groups in total. The van der Waals surface area contributed by atoms with Crippen LogP contribution in [0.5, 0.6) is 0 Å². The molecule has 1 amide bonds. The molecule has 0 aliphatic carbocycles. The Morgan fingerprint density at radius 1 is 1.40 bits per heavy atom. The van der Waals surface area contributed by atoms with Crippen molar-refractivity contribution in [2.24, 2.45) is 5.92 Å². The zero-order chi connectivity index (χ0) is 10.7. The number of nitrogens with zero attached hydrogens (tertiary/aromatic N) is 1. The highest BCUT2D eigenvalue weighted by molar-refractivity contribution is 5.88. The Balaban J connectivity index is 1.90. The molecule has 1 unspecified atom stereocenters. The van der Waals surface area contributed by atoms with Crippen molar-refractivity contribution < 1.29 is 14.3 Å². The Kier molecular flexibility index (Phi) is 3.36. The van der Waals surface area contributed by atoms with E-state index < -0.39 is 0 Å². The van der Waals surface area contributed by atoms with Crippen molar-refractivity contribution in [1.29, 1.82) is 0 Å². The lowest BCUT2D eigenvalue weighted by atomic mass is 9.99. The number of amides is 1. The molecule has 2 rings (SSSR count). The third-order valence-electron chi connectivity index (χ3n) is 3.07. The number of piperidine rings is 1. The first-order valence-corrected chi connectivity index (χ1v) is 5.65. The summed E-state index contributed by atoms with van der Waals surface area (Å²) in [6.07, 6.45) is 3.31. The van der Waals surface area contributed by atoms with E-state index in [1.54, 1.807) is 4.90 Å². The third kappa shape index (κ3) is 2.56. The van der Waals surface area contributed by atoms with Crippen LogP contribution < -0.4 is 0 Å². The lowest BCUT2D eigenvalue weighted by molar-refractivity contribution is -0.144. The van der Waals surface area contributed by atoms with Gasteiger partial charge in [-0.05, 0) is 19.3 Å². The monoisotopic (exact) mass is 211 g/mol. The van der Waals surface area contributed by atoms with E-state index in [-0.39, 0.29) is 17.6 Å². The molecule has 4 nitrogen and oxygen atoms in total. The summed E-state index contributed by atoms with van der Waals surface area (Å²) < 4.78 is 5.29. The number of ketones is 1. The number of likely N-dealkylation sites (tertiary alicyclic amines) is 1. The fourth-order valence-corrected chi connectivity index (χ4v) is 2.22. The Labute approximate surface area is 89.6 Å². The van der Waals surface area contributed by atoms with Gasteiger partial charge in [0.1, 0.15) is 0 Å². The van der Waals surface area contributed by atoms with Gasteiger partial charge in [0.25, 0.3) is 0 Å². The van der Waals surface area contributed by atoms with Gasteiger partial charge in [0.2, 0.25) is 5.91 Å². The summed E-state index contributed by atoms with van der Waals surface area (Å²) in [5.74, 6) is 0.290. The summed E-state index contributed by atoms with van der Waals surface area (Å²) in [7, 11) is 0. The second kappa shape index (κ2) is 4.75. The van der Waals surface area contributed by atoms with Gasteiger partial charge >= 0.3 is 0 Å². The van der Waals surface area contributed by atoms with Gasteiger partial charge in [0, 0.05) is 19.6 Å². The topological polar surface area (TPSA) is 46.6 Å². The van der Waals surface area contributed by atoms with Crippen LogP contribution in [0.1, 0.15) is 25.7 Å². The molecule has 0 aromatic carbocycles. The fraction of sp³-hybridized carbons (Fsp3) is 0.818. The zero-order valence-corrected chi connectivity index (χ0v) is 8.91. The molecule has 1 atom stereocenters. The third-order valence-corrected chi connectivity index (χ3v) is 3.07. The zero-order valence-electron chi connectivity index (χ0n) is 8.91. The van der Waals surface area contributed by atoms with Gasteiger partial charge in [-0.15, -0.1) is 0 Å². The Bertz CT molecular complexity index is 259. The van der Waals surface area contributed by atoms with Crippen LogP contribution in [0, 0.1) is 5.92 Å². The SMILES string of the molecule is O=C1CCCN(C(=O)C2CCCOC2)C1. The maximum atomic E-state index is 12.0. The molecular formula is C11H17NO3. The molecule has 84 valence electrons. The molecular weight excluding hydrogens is 194 g/mol. The van der Waals surface area contributed by atoms with Gasteiger partial charge in [0.05, 0.1) is 19.1 Å². The van der Waals surface area contributed by atoms with Crippen molar-refractivity contribution in [2.45, 2.75) is 25.7 Å². The van der Waals surface area contributed by atoms with Crippen LogP contribution in [0.25, 0.3) is 0 Å². The largest absolute Gasteiger partial charge is 0.381 e. The first-order valence-electron chi connectivity index (χ1n) is 5.65. The Morgan fingerprint density at radius 2 is 2.27 bits per heavy atom. The van der Waals surface area contributed by atoms with Crippen molar-refractivity contribution >= 4 is 11.7 Å². The standard InChI is InChI=1S/C11H17NO3/c13-10-4-1-5-12(7-10)11(14)9-3-2-6-15-8-9/h9H,1-8H2. The smallest absolute Gasteiger partial charge is 0.228 e. The number of carbonyl (C=O) groups excluding carboxylic acids is 2. The molecule has 2 saturated heterocycles. The summed E-state index contributed by atoms with van der Waals surface area (Å²) in [4.78, 5) is 24.9. The summed E-state index contributed by atoms with van der Waals surface area (Å²) in [6.45, 7) is 2.35. The molecule has 0 saturated carbocycles. The van der Waals surface area contributed by atoms with E-state index in [0.29, 0.717) is 19.6 Å². The van der Waals surface area contributed by atoms with Gasteiger partial charge in [-0.2, -0.15) is 0 Å². The normalized spacial score (nSPS) is 27.9. The lowest BCUT2D eigenvalue weighted by Gasteiger charge is -2.31. The van der Waals surface area contributed by atoms with Crippen LogP contribution in [0.3, 0.4) is 0 Å². The van der Waals surface area contributed by atoms with E-state index in [0.717, 1.165) is 32.4 Å². The van der Waals surface area contributed by atoms with Crippen LogP contribution in [-0.4, -0.2) is 42.9 Å². The molecule has 4 heteroatoms. The molecule has 2 aliphatic rings. The van der Waals surface area contributed by atoms with Crippen molar-refractivity contribution in [1.82, 2.24) is 4.90 Å². The lowest BCUT2D eigenvalue weighted by Crippen LogP contribution is -2.45. The van der Waals surface area contributed by atoms with Crippen molar-refractivity contribution in [3.05, 3.63) is 0 Å². The van der Waals surface area contributed by atoms with E-state index in [2.05, 4.69) is 0 Å². The molecule has 2 fully saturated rings. The Hall–Kier alpha value is -0.900. The number of hydrogen-bond donors (Lipinski definition) is 0. The van der Waals surface area contributed by atoms with Gasteiger partial charge < -0.3 is 9.64 Å². The molecule has 2 aliphatic heterocycles. The number of ether oxygens (including phenoxy) is 1.